The van der Waals surface area contributed by atoms with Crippen LogP contribution in [0.3, 0.4) is 0 Å². The van der Waals surface area contributed by atoms with E-state index in [0.717, 1.165) is 21.0 Å². The number of ketones is 1. The Hall–Kier alpha value is -3.02. The van der Waals surface area contributed by atoms with E-state index in [1.165, 1.54) is 6.92 Å². The summed E-state index contributed by atoms with van der Waals surface area (Å²) in [7, 11) is 1.10. The summed E-state index contributed by atoms with van der Waals surface area (Å²) >= 11 is 0. The van der Waals surface area contributed by atoms with E-state index >= 15 is 0 Å². The van der Waals surface area contributed by atoms with Gasteiger partial charge in [-0.3, -0.25) is 19.2 Å². The molecule has 36 heavy (non-hydrogen) atoms. The second-order valence-electron chi connectivity index (χ2n) is 10.7. The van der Waals surface area contributed by atoms with Crippen LogP contribution >= 0.6 is 0 Å². The highest BCUT2D eigenvalue weighted by atomic mass is 16.6. The van der Waals surface area contributed by atoms with Gasteiger partial charge in [0.25, 0.3) is 0 Å². The van der Waals surface area contributed by atoms with Crippen molar-refractivity contribution in [3.8, 4) is 0 Å². The van der Waals surface area contributed by atoms with Gasteiger partial charge in [-0.05, 0) is 18.8 Å². The van der Waals surface area contributed by atoms with E-state index in [4.69, 9.17) is 28.4 Å². The van der Waals surface area contributed by atoms with Gasteiger partial charge in [-0.2, -0.15) is 0 Å². The fraction of sp³-hybridized carbons (Fsp3) is 0.750. The van der Waals surface area contributed by atoms with Gasteiger partial charge in [0.05, 0.1) is 26.1 Å². The van der Waals surface area contributed by atoms with Crippen molar-refractivity contribution in [3.05, 3.63) is 0 Å². The van der Waals surface area contributed by atoms with Crippen molar-refractivity contribution in [3.63, 3.8) is 0 Å². The molecule has 0 radical (unpaired) electrons. The summed E-state index contributed by atoms with van der Waals surface area (Å²) in [5.41, 5.74) is -4.36. The molecule has 3 saturated heterocycles. The van der Waals surface area contributed by atoms with E-state index in [1.54, 1.807) is 6.92 Å². The Morgan fingerprint density at radius 2 is 1.64 bits per heavy atom. The molecule has 3 aliphatic heterocycles. The van der Waals surface area contributed by atoms with Gasteiger partial charge in [0.15, 0.2) is 6.10 Å². The van der Waals surface area contributed by atoms with Crippen LogP contribution in [0.25, 0.3) is 0 Å². The second-order valence-corrected chi connectivity index (χ2v) is 10.7. The lowest BCUT2D eigenvalue weighted by Gasteiger charge is -2.67. The number of carbonyl (C=O) groups is 6. The van der Waals surface area contributed by atoms with Crippen molar-refractivity contribution in [2.75, 3.05) is 13.7 Å². The lowest BCUT2D eigenvalue weighted by molar-refractivity contribution is -0.305. The van der Waals surface area contributed by atoms with Crippen molar-refractivity contribution in [2.24, 2.45) is 28.6 Å². The molecule has 0 amide bonds. The van der Waals surface area contributed by atoms with Crippen LogP contribution in [-0.4, -0.2) is 79.4 Å². The third-order valence-electron chi connectivity index (χ3n) is 8.95. The molecule has 2 saturated carbocycles. The summed E-state index contributed by atoms with van der Waals surface area (Å²) in [5.74, 6) is -6.94. The molecule has 5 rings (SSSR count). The van der Waals surface area contributed by atoms with Crippen LogP contribution in [0, 0.1) is 28.6 Å². The Bertz CT molecular complexity index is 1080. The van der Waals surface area contributed by atoms with E-state index in [0.29, 0.717) is 0 Å². The summed E-state index contributed by atoms with van der Waals surface area (Å²) < 4.78 is 33.9. The number of esters is 5. The summed E-state index contributed by atoms with van der Waals surface area (Å²) in [6.45, 7) is 5.25. The van der Waals surface area contributed by atoms with Crippen molar-refractivity contribution in [1.82, 2.24) is 0 Å². The van der Waals surface area contributed by atoms with E-state index in [2.05, 4.69) is 0 Å². The highest BCUT2D eigenvalue weighted by Crippen LogP contribution is 2.73. The van der Waals surface area contributed by atoms with Crippen molar-refractivity contribution >= 4 is 35.6 Å². The van der Waals surface area contributed by atoms with Gasteiger partial charge >= 0.3 is 29.8 Å². The Kier molecular flexibility index (Phi) is 5.30. The quantitative estimate of drug-likeness (QED) is 0.367. The number of methoxy groups -OCH3 is 1. The van der Waals surface area contributed by atoms with Gasteiger partial charge in [0.2, 0.25) is 11.7 Å². The molecule has 12 heteroatoms. The number of ether oxygens (including phenoxy) is 6. The second kappa shape index (κ2) is 7.74. The fourth-order valence-electron chi connectivity index (χ4n) is 8.09. The number of rotatable bonds is 4. The molecule has 10 atom stereocenters. The first-order valence-electron chi connectivity index (χ1n) is 11.8. The monoisotopic (exact) mass is 508 g/mol. The topological polar surface area (TPSA) is 158 Å². The number of Topliss-reactive ketones (excluding diaryl/α,β-unsaturated/α-hetero) is 1. The molecule has 2 bridgehead atoms. The average molecular weight is 508 g/mol. The van der Waals surface area contributed by atoms with Crippen LogP contribution in [0.15, 0.2) is 0 Å². The zero-order valence-electron chi connectivity index (χ0n) is 20.6. The first-order valence-corrected chi connectivity index (χ1v) is 11.8. The SMILES string of the molecule is COC(=O)C12OCC34C(CC(C(C)=O)C5(C)CC(=O)OC(C1OC(C)=O)C53)OC(=O)C(OC(C)=O)C24. The van der Waals surface area contributed by atoms with Crippen LogP contribution in [-0.2, 0) is 57.2 Å². The Labute approximate surface area is 206 Å². The summed E-state index contributed by atoms with van der Waals surface area (Å²) in [5, 5.41) is 0. The molecule has 5 aliphatic rings. The predicted molar refractivity (Wildman–Crippen MR) is 112 cm³/mol. The van der Waals surface area contributed by atoms with Crippen LogP contribution < -0.4 is 0 Å². The van der Waals surface area contributed by atoms with Gasteiger partial charge in [0, 0.05) is 31.1 Å². The third-order valence-corrected chi connectivity index (χ3v) is 8.95. The molecular weight excluding hydrogens is 480 g/mol. The lowest BCUT2D eigenvalue weighted by atomic mass is 9.38. The maximum atomic E-state index is 13.5. The first-order chi connectivity index (χ1) is 16.8. The molecule has 2 aliphatic carbocycles. The van der Waals surface area contributed by atoms with Crippen molar-refractivity contribution < 1.29 is 57.2 Å². The van der Waals surface area contributed by atoms with Gasteiger partial charge in [-0.25, -0.2) is 9.59 Å². The Morgan fingerprint density at radius 3 is 2.22 bits per heavy atom. The number of hydrogen-bond donors (Lipinski definition) is 0. The smallest absolute Gasteiger partial charge is 0.348 e. The highest BCUT2D eigenvalue weighted by molar-refractivity contribution is 5.89. The van der Waals surface area contributed by atoms with E-state index in [9.17, 15) is 28.8 Å². The summed E-state index contributed by atoms with van der Waals surface area (Å²) in [6.07, 6.45) is -5.29. The Morgan fingerprint density at radius 1 is 0.972 bits per heavy atom. The molecule has 196 valence electrons. The maximum absolute atomic E-state index is 13.5. The van der Waals surface area contributed by atoms with Gasteiger partial charge in [0.1, 0.15) is 18.0 Å². The van der Waals surface area contributed by atoms with Crippen LogP contribution in [0.2, 0.25) is 0 Å². The van der Waals surface area contributed by atoms with Crippen LogP contribution in [0.1, 0.15) is 40.5 Å². The number of hydrogen-bond acceptors (Lipinski definition) is 12. The zero-order chi connectivity index (χ0) is 26.4. The van der Waals surface area contributed by atoms with E-state index in [-0.39, 0.29) is 25.2 Å². The molecular formula is C24H28O12. The minimum Gasteiger partial charge on any atom is -0.467 e. The molecule has 5 fully saturated rings. The molecule has 0 aromatic heterocycles. The molecule has 12 nitrogen and oxygen atoms in total. The normalized spacial score (nSPS) is 46.0. The standard InChI is InChI=1S/C24H28O12/c1-9(25)12-6-13-23-8-32-24(21(30)31-5,18(23)16(20(29)35-13)33-10(2)26)19(34-11(3)27)15-17(23)22(12,4)7-14(28)36-15/h12-13,15-19H,6-8H2,1-5H3. The molecule has 0 aromatic carbocycles. The van der Waals surface area contributed by atoms with E-state index in [1.807, 2.05) is 0 Å². The maximum Gasteiger partial charge on any atom is 0.348 e. The largest absolute Gasteiger partial charge is 0.467 e. The van der Waals surface area contributed by atoms with Crippen LogP contribution in [0.5, 0.6) is 0 Å². The average Bonchev–Trinajstić information content (AvgIpc) is 3.06. The summed E-state index contributed by atoms with van der Waals surface area (Å²) in [6, 6.07) is 0. The minimum atomic E-state index is -2.14. The predicted octanol–water partition coefficient (Wildman–Crippen LogP) is -0.120. The lowest BCUT2D eigenvalue weighted by Crippen LogP contribution is -2.81. The first kappa shape index (κ1) is 24.7. The molecule has 10 unspecified atom stereocenters. The van der Waals surface area contributed by atoms with Gasteiger partial charge < -0.3 is 28.4 Å². The fourth-order valence-corrected chi connectivity index (χ4v) is 8.09. The molecule has 0 aromatic rings. The molecule has 3 heterocycles. The molecule has 0 N–H and O–H groups in total. The van der Waals surface area contributed by atoms with Gasteiger partial charge in [-0.15, -0.1) is 0 Å². The molecule has 1 spiro atoms. The van der Waals surface area contributed by atoms with Crippen LogP contribution in [0.4, 0.5) is 0 Å². The van der Waals surface area contributed by atoms with E-state index < -0.39 is 88.4 Å². The highest BCUT2D eigenvalue weighted by Gasteiger charge is 2.87. The van der Waals surface area contributed by atoms with Crippen molar-refractivity contribution in [2.45, 2.75) is 70.6 Å². The summed E-state index contributed by atoms with van der Waals surface area (Å²) in [4.78, 5) is 76.9. The zero-order valence-corrected chi connectivity index (χ0v) is 20.6. The van der Waals surface area contributed by atoms with Crippen molar-refractivity contribution in [1.29, 1.82) is 0 Å². The van der Waals surface area contributed by atoms with Gasteiger partial charge in [-0.1, -0.05) is 6.92 Å². The third kappa shape index (κ3) is 2.84. The number of carbonyl (C=O) groups excluding carboxylic acids is 6. The Balaban J connectivity index is 1.83. The minimum absolute atomic E-state index is 0.0796.